The number of hydrogen-bond donors (Lipinski definition) is 0. The zero-order valence-electron chi connectivity index (χ0n) is 23.2. The first kappa shape index (κ1) is 27.0. The molecule has 1 aromatic rings. The maximum atomic E-state index is 2.41. The molecule has 3 saturated carbocycles. The highest BCUT2D eigenvalue weighted by Gasteiger charge is 2.35. The van der Waals surface area contributed by atoms with Gasteiger partial charge >= 0.3 is 0 Å². The van der Waals surface area contributed by atoms with Crippen LogP contribution in [-0.2, 0) is 5.75 Å². The third-order valence-corrected chi connectivity index (χ3v) is 15.7. The molecule has 0 N–H and O–H groups in total. The molecule has 0 nitrogen and oxygen atoms in total. The van der Waals surface area contributed by atoms with Gasteiger partial charge in [-0.25, -0.2) is 0 Å². The Hall–Kier alpha value is -0.0000000000000000555. The molecule has 0 aliphatic heterocycles. The van der Waals surface area contributed by atoms with E-state index in [-0.39, 0.29) is 7.92 Å². The van der Waals surface area contributed by atoms with E-state index in [9.17, 15) is 0 Å². The highest BCUT2D eigenvalue weighted by Crippen LogP contribution is 2.58. The van der Waals surface area contributed by atoms with Gasteiger partial charge in [-0.3, -0.25) is 0 Å². The van der Waals surface area contributed by atoms with Crippen molar-refractivity contribution in [2.24, 2.45) is 5.92 Å². The molecule has 2 heteroatoms. The van der Waals surface area contributed by atoms with Gasteiger partial charge in [0, 0.05) is 11.0 Å². The summed E-state index contributed by atoms with van der Waals surface area (Å²) >= 11 is 2.41. The van der Waals surface area contributed by atoms with E-state index in [1.807, 2.05) is 0 Å². The predicted octanol–water partition coefficient (Wildman–Crippen LogP) is 10.6. The van der Waals surface area contributed by atoms with Gasteiger partial charge in [0.1, 0.15) is 0 Å². The summed E-state index contributed by atoms with van der Waals surface area (Å²) in [5, 5.41) is 0.913. The van der Waals surface area contributed by atoms with Crippen molar-refractivity contribution in [3.8, 4) is 0 Å². The van der Waals surface area contributed by atoms with Crippen LogP contribution < -0.4 is 0 Å². The zero-order chi connectivity index (χ0) is 24.1. The lowest BCUT2D eigenvalue weighted by atomic mass is 9.87. The van der Waals surface area contributed by atoms with Gasteiger partial charge < -0.3 is 0 Å². The van der Waals surface area contributed by atoms with E-state index in [1.54, 1.807) is 59.7 Å². The van der Waals surface area contributed by atoms with E-state index in [4.69, 9.17) is 0 Å². The van der Waals surface area contributed by atoms with Crippen molar-refractivity contribution in [2.45, 2.75) is 153 Å². The normalized spacial score (nSPS) is 22.4. The zero-order valence-corrected chi connectivity index (χ0v) is 24.9. The molecule has 3 aliphatic rings. The molecular weight excluding hydrogens is 447 g/mol. The first-order valence-electron chi connectivity index (χ1n) is 14.9. The summed E-state index contributed by atoms with van der Waals surface area (Å²) in [6.07, 6.45) is 24.5. The molecule has 3 fully saturated rings. The quantitative estimate of drug-likeness (QED) is 0.320. The SMILES string of the molecule is Cc1c(C)c(C)c(CS[C@@H](CP(C2CCCCC2)C2CCCCC2)C2CCCCC2)c(C)c1C. The van der Waals surface area contributed by atoms with Gasteiger partial charge in [0.05, 0.1) is 0 Å². The third-order valence-electron chi connectivity index (χ3n) is 10.3. The smallest absolute Gasteiger partial charge is 0.0193 e. The summed E-state index contributed by atoms with van der Waals surface area (Å²) in [6.45, 7) is 11.8. The second-order valence-corrected chi connectivity index (χ2v) is 16.2. The number of hydrogen-bond acceptors (Lipinski definition) is 1. The Morgan fingerprint density at radius 1 is 0.588 bits per heavy atom. The van der Waals surface area contributed by atoms with Crippen molar-refractivity contribution in [3.05, 3.63) is 33.4 Å². The molecule has 3 aliphatic carbocycles. The summed E-state index contributed by atoms with van der Waals surface area (Å²) < 4.78 is 0. The van der Waals surface area contributed by atoms with Crippen LogP contribution in [-0.4, -0.2) is 22.7 Å². The van der Waals surface area contributed by atoms with E-state index in [0.717, 1.165) is 22.5 Å². The lowest BCUT2D eigenvalue weighted by molar-refractivity contribution is 0.357. The Labute approximate surface area is 218 Å². The highest BCUT2D eigenvalue weighted by molar-refractivity contribution is 7.99. The maximum absolute atomic E-state index is 2.41. The van der Waals surface area contributed by atoms with E-state index < -0.39 is 0 Å². The van der Waals surface area contributed by atoms with Crippen LogP contribution in [0.15, 0.2) is 0 Å². The standard InChI is InChI=1S/C32H53PS/c1-23-24(2)26(4)31(27(5)25(23)3)22-34-32(28-15-9-6-10-16-28)21-33(29-17-11-7-12-18-29)30-19-13-8-14-20-30/h28-30,32H,6-22H2,1-5H3/t32-/m0/s1. The molecule has 34 heavy (non-hydrogen) atoms. The summed E-state index contributed by atoms with van der Waals surface area (Å²) in [4.78, 5) is 0. The molecule has 1 aromatic carbocycles. The fourth-order valence-corrected chi connectivity index (χ4v) is 13.7. The van der Waals surface area contributed by atoms with Crippen molar-refractivity contribution in [1.29, 1.82) is 0 Å². The van der Waals surface area contributed by atoms with E-state index in [0.29, 0.717) is 0 Å². The monoisotopic (exact) mass is 500 g/mol. The Bertz CT molecular complexity index is 734. The van der Waals surface area contributed by atoms with E-state index >= 15 is 0 Å². The molecule has 0 bridgehead atoms. The molecule has 4 rings (SSSR count). The van der Waals surface area contributed by atoms with Gasteiger partial charge in [-0.1, -0.05) is 65.7 Å². The first-order chi connectivity index (χ1) is 16.5. The fourth-order valence-electron chi connectivity index (χ4n) is 7.46. The van der Waals surface area contributed by atoms with Crippen LogP contribution in [0.4, 0.5) is 0 Å². The molecule has 0 spiro atoms. The minimum atomic E-state index is 0.205. The average Bonchev–Trinajstić information content (AvgIpc) is 2.89. The molecule has 1 atom stereocenters. The molecule has 192 valence electrons. The summed E-state index contributed by atoms with van der Waals surface area (Å²) in [5.41, 5.74) is 11.6. The molecule has 0 aromatic heterocycles. The molecule has 0 saturated heterocycles. The van der Waals surface area contributed by atoms with E-state index in [1.165, 1.54) is 81.9 Å². The van der Waals surface area contributed by atoms with Crippen molar-refractivity contribution in [2.75, 3.05) is 6.16 Å². The van der Waals surface area contributed by atoms with Gasteiger partial charge in [0.25, 0.3) is 0 Å². The molecule has 0 unspecified atom stereocenters. The third kappa shape index (κ3) is 6.46. The van der Waals surface area contributed by atoms with Crippen LogP contribution in [0.3, 0.4) is 0 Å². The summed E-state index contributed by atoms with van der Waals surface area (Å²) in [6, 6.07) is 0. The number of thioether (sulfide) groups is 1. The van der Waals surface area contributed by atoms with Crippen molar-refractivity contribution in [1.82, 2.24) is 0 Å². The fraction of sp³-hybridized carbons (Fsp3) is 0.812. The molecule has 0 amide bonds. The van der Waals surface area contributed by atoms with Crippen LogP contribution in [0.2, 0.25) is 0 Å². The van der Waals surface area contributed by atoms with E-state index in [2.05, 4.69) is 46.4 Å². The molecular formula is C32H53PS. The Morgan fingerprint density at radius 2 is 1.00 bits per heavy atom. The van der Waals surface area contributed by atoms with Crippen molar-refractivity contribution >= 4 is 19.7 Å². The van der Waals surface area contributed by atoms with Gasteiger partial charge in [0.15, 0.2) is 0 Å². The molecule has 0 radical (unpaired) electrons. The van der Waals surface area contributed by atoms with Crippen molar-refractivity contribution in [3.63, 3.8) is 0 Å². The minimum absolute atomic E-state index is 0.205. The Balaban J connectivity index is 1.55. The second kappa shape index (κ2) is 13.0. The number of benzene rings is 1. The lowest BCUT2D eigenvalue weighted by Crippen LogP contribution is -2.29. The van der Waals surface area contributed by atoms with Gasteiger partial charge in [-0.2, -0.15) is 11.8 Å². The van der Waals surface area contributed by atoms with Crippen molar-refractivity contribution < 1.29 is 0 Å². The van der Waals surface area contributed by atoms with Crippen LogP contribution in [0, 0.1) is 40.5 Å². The lowest BCUT2D eigenvalue weighted by Gasteiger charge is -2.42. The second-order valence-electron chi connectivity index (χ2n) is 12.1. The molecule has 0 heterocycles. The van der Waals surface area contributed by atoms with Gasteiger partial charge in [-0.05, 0) is 130 Å². The Kier molecular flexibility index (Phi) is 10.3. The van der Waals surface area contributed by atoms with Crippen LogP contribution >= 0.6 is 19.7 Å². The first-order valence-corrected chi connectivity index (χ1v) is 17.6. The van der Waals surface area contributed by atoms with Crippen LogP contribution in [0.5, 0.6) is 0 Å². The van der Waals surface area contributed by atoms with Gasteiger partial charge in [0.2, 0.25) is 0 Å². The summed E-state index contributed by atoms with van der Waals surface area (Å²) in [5.74, 6) is 2.24. The number of rotatable bonds is 8. The topological polar surface area (TPSA) is 0 Å². The Morgan fingerprint density at radius 3 is 1.47 bits per heavy atom. The van der Waals surface area contributed by atoms with Crippen LogP contribution in [0.25, 0.3) is 0 Å². The largest absolute Gasteiger partial charge is 0.153 e. The minimum Gasteiger partial charge on any atom is -0.153 e. The maximum Gasteiger partial charge on any atom is 0.0193 e. The van der Waals surface area contributed by atoms with Crippen LogP contribution in [0.1, 0.15) is 130 Å². The highest BCUT2D eigenvalue weighted by atomic mass is 32.2. The summed E-state index contributed by atoms with van der Waals surface area (Å²) in [7, 11) is 0.205. The predicted molar refractivity (Wildman–Crippen MR) is 157 cm³/mol. The van der Waals surface area contributed by atoms with Gasteiger partial charge in [-0.15, -0.1) is 0 Å². The average molecular weight is 501 g/mol.